The van der Waals surface area contributed by atoms with Gasteiger partial charge in [-0.2, -0.15) is 0 Å². The van der Waals surface area contributed by atoms with Crippen LogP contribution in [0.2, 0.25) is 0 Å². The Kier molecular flexibility index (Phi) is 4.66. The number of carbonyl (C=O) groups is 1. The summed E-state index contributed by atoms with van der Waals surface area (Å²) in [5.41, 5.74) is 4.28. The highest BCUT2D eigenvalue weighted by Crippen LogP contribution is 2.38. The second-order valence-corrected chi connectivity index (χ2v) is 6.66. The van der Waals surface area contributed by atoms with Crippen molar-refractivity contribution in [2.45, 2.75) is 33.3 Å². The number of carbonyl (C=O) groups excluding carboxylic acids is 1. The van der Waals surface area contributed by atoms with Crippen LogP contribution in [0.15, 0.2) is 47.0 Å². The van der Waals surface area contributed by atoms with Gasteiger partial charge in [-0.05, 0) is 51.0 Å². The van der Waals surface area contributed by atoms with Crippen LogP contribution in [-0.4, -0.2) is 16.7 Å². The van der Waals surface area contributed by atoms with Gasteiger partial charge in [-0.15, -0.1) is 0 Å². The lowest BCUT2D eigenvalue weighted by Crippen LogP contribution is -2.24. The van der Waals surface area contributed by atoms with Gasteiger partial charge in [0.15, 0.2) is 0 Å². The van der Waals surface area contributed by atoms with Gasteiger partial charge in [0.05, 0.1) is 5.69 Å². The number of aryl methyl sites for hydroxylation is 3. The largest absolute Gasteiger partial charge is 0.381 e. The first-order valence-corrected chi connectivity index (χ1v) is 8.42. The number of nitrogens with zero attached hydrogens (tertiary/aromatic N) is 1. The number of benzene rings is 2. The summed E-state index contributed by atoms with van der Waals surface area (Å²) in [6.45, 7) is 7.45. The molecule has 0 saturated carbocycles. The number of nitrogens with one attached hydrogen (secondary N) is 1. The van der Waals surface area contributed by atoms with E-state index in [1.54, 1.807) is 13.0 Å². The lowest BCUT2D eigenvalue weighted by atomic mass is 9.85. The summed E-state index contributed by atoms with van der Waals surface area (Å²) in [4.78, 5) is 11.0. The third-order valence-corrected chi connectivity index (χ3v) is 4.69. The molecule has 1 amide bonds. The van der Waals surface area contributed by atoms with Gasteiger partial charge < -0.3 is 14.9 Å². The number of amides is 1. The topological polar surface area (TPSA) is 75.4 Å². The Labute approximate surface area is 152 Å². The van der Waals surface area contributed by atoms with Crippen molar-refractivity contribution in [2.75, 3.05) is 5.32 Å². The van der Waals surface area contributed by atoms with E-state index in [1.807, 2.05) is 57.2 Å². The minimum absolute atomic E-state index is 0.557. The van der Waals surface area contributed by atoms with Crippen molar-refractivity contribution in [3.05, 3.63) is 70.6 Å². The number of anilines is 1. The highest BCUT2D eigenvalue weighted by Gasteiger charge is 2.29. The lowest BCUT2D eigenvalue weighted by Gasteiger charge is -2.27. The first-order chi connectivity index (χ1) is 12.3. The Balaban J connectivity index is 2.18. The van der Waals surface area contributed by atoms with E-state index < -0.39 is 5.60 Å². The average Bonchev–Trinajstić information content (AvgIpc) is 2.94. The second kappa shape index (κ2) is 6.77. The molecule has 2 N–H and O–H groups in total. The molecule has 1 heterocycles. The second-order valence-electron chi connectivity index (χ2n) is 6.66. The molecule has 5 heteroatoms. The van der Waals surface area contributed by atoms with Crippen LogP contribution < -0.4 is 5.32 Å². The van der Waals surface area contributed by atoms with Crippen LogP contribution in [0.4, 0.5) is 5.69 Å². The zero-order chi connectivity index (χ0) is 18.9. The highest BCUT2D eigenvalue weighted by atomic mass is 16.5. The number of hydrogen-bond donors (Lipinski definition) is 2. The van der Waals surface area contributed by atoms with Gasteiger partial charge in [-0.1, -0.05) is 41.1 Å². The summed E-state index contributed by atoms with van der Waals surface area (Å²) >= 11 is 0. The summed E-state index contributed by atoms with van der Waals surface area (Å²) in [6, 6.07) is 13.2. The first kappa shape index (κ1) is 17.9. The van der Waals surface area contributed by atoms with Crippen molar-refractivity contribution >= 4 is 12.1 Å². The fourth-order valence-electron chi connectivity index (χ4n) is 3.22. The average molecular weight is 350 g/mol. The number of aromatic nitrogens is 1. The maximum Gasteiger partial charge on any atom is 0.211 e. The van der Waals surface area contributed by atoms with Crippen LogP contribution in [0.25, 0.3) is 11.1 Å². The van der Waals surface area contributed by atoms with Crippen molar-refractivity contribution in [1.29, 1.82) is 0 Å². The monoisotopic (exact) mass is 350 g/mol. The van der Waals surface area contributed by atoms with E-state index >= 15 is 0 Å². The lowest BCUT2D eigenvalue weighted by molar-refractivity contribution is -0.105. The van der Waals surface area contributed by atoms with Crippen LogP contribution in [0.1, 0.15) is 35.1 Å². The molecule has 0 radical (unpaired) electrons. The summed E-state index contributed by atoms with van der Waals surface area (Å²) in [5.74, 6) is 0.708. The van der Waals surface area contributed by atoms with E-state index in [0.29, 0.717) is 23.4 Å². The molecule has 1 unspecified atom stereocenters. The Morgan fingerprint density at radius 3 is 2.38 bits per heavy atom. The molecule has 26 heavy (non-hydrogen) atoms. The van der Waals surface area contributed by atoms with Crippen molar-refractivity contribution in [1.82, 2.24) is 5.16 Å². The van der Waals surface area contributed by atoms with E-state index in [1.165, 1.54) is 0 Å². The minimum Gasteiger partial charge on any atom is -0.381 e. The molecule has 0 aliphatic rings. The molecule has 0 spiro atoms. The van der Waals surface area contributed by atoms with Crippen LogP contribution >= 0.6 is 0 Å². The van der Waals surface area contributed by atoms with Gasteiger partial charge in [-0.3, -0.25) is 4.79 Å². The first-order valence-electron chi connectivity index (χ1n) is 8.42. The van der Waals surface area contributed by atoms with E-state index in [2.05, 4.69) is 10.5 Å². The smallest absolute Gasteiger partial charge is 0.211 e. The zero-order valence-electron chi connectivity index (χ0n) is 15.3. The van der Waals surface area contributed by atoms with Gasteiger partial charge in [-0.25, -0.2) is 0 Å². The predicted octanol–water partition coefficient (Wildman–Crippen LogP) is 4.09. The molecule has 1 aromatic heterocycles. The van der Waals surface area contributed by atoms with Crippen molar-refractivity contribution in [2.24, 2.45) is 0 Å². The van der Waals surface area contributed by atoms with Gasteiger partial charge in [0, 0.05) is 16.8 Å². The summed E-state index contributed by atoms with van der Waals surface area (Å²) < 4.78 is 5.27. The zero-order valence-corrected chi connectivity index (χ0v) is 15.3. The maximum atomic E-state index is 11.3. The molecule has 0 saturated heterocycles. The van der Waals surface area contributed by atoms with E-state index in [4.69, 9.17) is 4.52 Å². The summed E-state index contributed by atoms with van der Waals surface area (Å²) in [7, 11) is 0. The molecule has 0 bridgehead atoms. The summed E-state index contributed by atoms with van der Waals surface area (Å²) in [5, 5.41) is 18.0. The van der Waals surface area contributed by atoms with Gasteiger partial charge in [0.25, 0.3) is 0 Å². The van der Waals surface area contributed by atoms with Crippen LogP contribution in [0.5, 0.6) is 0 Å². The normalized spacial score (nSPS) is 13.3. The number of aliphatic hydroxyl groups is 1. The molecule has 5 nitrogen and oxygen atoms in total. The van der Waals surface area contributed by atoms with Gasteiger partial charge in [0.1, 0.15) is 11.4 Å². The quantitative estimate of drug-likeness (QED) is 0.680. The molecule has 3 aromatic rings. The Hall–Kier alpha value is -2.92. The van der Waals surface area contributed by atoms with Crippen LogP contribution in [0, 0.1) is 20.8 Å². The molecule has 1 atom stereocenters. The van der Waals surface area contributed by atoms with Crippen molar-refractivity contribution < 1.29 is 14.4 Å². The van der Waals surface area contributed by atoms with E-state index in [0.717, 1.165) is 27.9 Å². The van der Waals surface area contributed by atoms with Crippen molar-refractivity contribution in [3.8, 4) is 11.1 Å². The van der Waals surface area contributed by atoms with E-state index in [9.17, 15) is 9.90 Å². The molecule has 0 fully saturated rings. The van der Waals surface area contributed by atoms with E-state index in [-0.39, 0.29) is 0 Å². The van der Waals surface area contributed by atoms with Gasteiger partial charge >= 0.3 is 0 Å². The number of rotatable bonds is 5. The molecule has 134 valence electrons. The maximum absolute atomic E-state index is 11.3. The molecule has 0 aliphatic carbocycles. The van der Waals surface area contributed by atoms with Crippen LogP contribution in [0.3, 0.4) is 0 Å². The third kappa shape index (κ3) is 3.13. The van der Waals surface area contributed by atoms with Gasteiger partial charge in [0.2, 0.25) is 6.41 Å². The fourth-order valence-corrected chi connectivity index (χ4v) is 3.22. The van der Waals surface area contributed by atoms with Crippen molar-refractivity contribution in [3.63, 3.8) is 0 Å². The fraction of sp³-hybridized carbons (Fsp3) is 0.238. The molecular formula is C21H22N2O3. The minimum atomic E-state index is -1.28. The molecule has 0 aliphatic heterocycles. The molecule has 3 rings (SSSR count). The number of hydrogen-bond acceptors (Lipinski definition) is 4. The molecule has 2 aromatic carbocycles. The predicted molar refractivity (Wildman–Crippen MR) is 101 cm³/mol. The summed E-state index contributed by atoms with van der Waals surface area (Å²) in [6.07, 6.45) is 0.611. The standard InChI is InChI=1S/C21H22N2O3/c1-13-5-8-17(9-6-13)21(4,25)18-11-16(7-10-19(18)22-12-24)20-14(2)23-26-15(20)3/h5-12,25H,1-4H3,(H,22,24). The SMILES string of the molecule is Cc1ccc(C(C)(O)c2cc(-c3c(C)noc3C)ccc2NC=O)cc1. The third-order valence-electron chi connectivity index (χ3n) is 4.69. The molecular weight excluding hydrogens is 328 g/mol. The Bertz CT molecular complexity index is 921. The highest BCUT2D eigenvalue weighted by molar-refractivity contribution is 5.79. The van der Waals surface area contributed by atoms with Crippen LogP contribution in [-0.2, 0) is 10.4 Å². The Morgan fingerprint density at radius 1 is 1.12 bits per heavy atom. The Morgan fingerprint density at radius 2 is 1.81 bits per heavy atom.